The normalized spacial score (nSPS) is 14.6. The molecule has 0 spiro atoms. The summed E-state index contributed by atoms with van der Waals surface area (Å²) in [4.78, 5) is 12.2. The van der Waals surface area contributed by atoms with Crippen LogP contribution in [0.15, 0.2) is 42.2 Å². The maximum atomic E-state index is 12.2. The van der Waals surface area contributed by atoms with Gasteiger partial charge in [0, 0.05) is 0 Å². The molecule has 2 aromatic rings. The summed E-state index contributed by atoms with van der Waals surface area (Å²) in [6, 6.07) is 11.4. The number of hydrogen-bond acceptors (Lipinski definition) is 5. The van der Waals surface area contributed by atoms with Gasteiger partial charge >= 0.3 is 0 Å². The molecule has 0 radical (unpaired) electrons. The molecule has 2 aromatic carbocycles. The highest BCUT2D eigenvalue weighted by molar-refractivity contribution is 6.15. The van der Waals surface area contributed by atoms with Crippen LogP contribution in [0.2, 0.25) is 0 Å². The number of ether oxygens (including phenoxy) is 1. The summed E-state index contributed by atoms with van der Waals surface area (Å²) in [5.41, 5.74) is 1.12. The van der Waals surface area contributed by atoms with Crippen LogP contribution in [0.25, 0.3) is 6.08 Å². The molecule has 1 heterocycles. The molecule has 0 fully saturated rings. The Balaban J connectivity index is 2.08. The number of fused-ring (bicyclic) bond motifs is 1. The molecule has 0 atom stereocenters. The van der Waals surface area contributed by atoms with Gasteiger partial charge in [0.05, 0.1) is 17.2 Å². The molecule has 102 valence electrons. The van der Waals surface area contributed by atoms with Crippen molar-refractivity contribution in [1.82, 2.24) is 0 Å². The zero-order valence-corrected chi connectivity index (χ0v) is 10.7. The molecule has 0 unspecified atom stereocenters. The van der Waals surface area contributed by atoms with Crippen LogP contribution in [-0.4, -0.2) is 16.0 Å². The molecule has 0 amide bonds. The highest BCUT2D eigenvalue weighted by atomic mass is 16.5. The minimum atomic E-state index is -0.474. The summed E-state index contributed by atoms with van der Waals surface area (Å²) in [7, 11) is 0. The van der Waals surface area contributed by atoms with Crippen LogP contribution in [0.4, 0.5) is 0 Å². The average molecular weight is 279 g/mol. The monoisotopic (exact) mass is 279 g/mol. The van der Waals surface area contributed by atoms with Crippen LogP contribution >= 0.6 is 0 Å². The van der Waals surface area contributed by atoms with Crippen molar-refractivity contribution >= 4 is 11.9 Å². The number of phenolic OH excluding ortho intramolecular Hbond substituents is 2. The van der Waals surface area contributed by atoms with Gasteiger partial charge < -0.3 is 14.9 Å². The van der Waals surface area contributed by atoms with E-state index < -0.39 is 11.5 Å². The van der Waals surface area contributed by atoms with Crippen molar-refractivity contribution in [3.05, 3.63) is 58.8 Å². The average Bonchev–Trinajstić information content (AvgIpc) is 2.81. The minimum absolute atomic E-state index is 0.00593. The van der Waals surface area contributed by atoms with E-state index in [2.05, 4.69) is 0 Å². The molecule has 2 N–H and O–H groups in total. The Bertz CT molecular complexity index is 831. The Morgan fingerprint density at radius 2 is 1.90 bits per heavy atom. The molecule has 0 aromatic heterocycles. The van der Waals surface area contributed by atoms with E-state index in [0.29, 0.717) is 11.1 Å². The number of allylic oxidation sites excluding steroid dienone is 1. The molecule has 3 rings (SSSR count). The van der Waals surface area contributed by atoms with Gasteiger partial charge in [0.25, 0.3) is 0 Å². The second kappa shape index (κ2) is 4.69. The summed E-state index contributed by atoms with van der Waals surface area (Å²) in [5, 5.41) is 28.2. The van der Waals surface area contributed by atoms with Gasteiger partial charge in [-0.3, -0.25) is 4.79 Å². The third-order valence-corrected chi connectivity index (χ3v) is 3.16. The number of nitriles is 1. The molecule has 1 aliphatic rings. The molecule has 0 aliphatic carbocycles. The lowest BCUT2D eigenvalue weighted by Gasteiger charge is -2.02. The van der Waals surface area contributed by atoms with E-state index >= 15 is 0 Å². The molecule has 5 nitrogen and oxygen atoms in total. The largest absolute Gasteiger partial charge is 0.504 e. The van der Waals surface area contributed by atoms with Crippen LogP contribution in [0.1, 0.15) is 21.5 Å². The Morgan fingerprint density at radius 3 is 2.67 bits per heavy atom. The fourth-order valence-electron chi connectivity index (χ4n) is 2.09. The number of Topliss-reactive ketones (excluding diaryl/α,β-unsaturated/α-hetero) is 1. The topological polar surface area (TPSA) is 90.6 Å². The Morgan fingerprint density at radius 1 is 1.14 bits per heavy atom. The summed E-state index contributed by atoms with van der Waals surface area (Å²) in [6.07, 6.45) is 1.44. The fourth-order valence-corrected chi connectivity index (χ4v) is 2.09. The van der Waals surface area contributed by atoms with Gasteiger partial charge in [-0.15, -0.1) is 0 Å². The van der Waals surface area contributed by atoms with Gasteiger partial charge in [-0.2, -0.15) is 5.26 Å². The predicted octanol–water partition coefficient (Wildman–Crippen LogP) is 2.59. The molecular formula is C16H9NO4. The Labute approximate surface area is 120 Å². The number of nitrogens with zero attached hydrogens (tertiary/aromatic N) is 1. The molecule has 0 saturated carbocycles. The first-order chi connectivity index (χ1) is 10.1. The minimum Gasteiger partial charge on any atom is -0.504 e. The maximum Gasteiger partial charge on any atom is 0.232 e. The van der Waals surface area contributed by atoms with E-state index in [0.717, 1.165) is 0 Å². The summed E-state index contributed by atoms with van der Waals surface area (Å²) >= 11 is 0. The van der Waals surface area contributed by atoms with Crippen LogP contribution in [-0.2, 0) is 0 Å². The second-order valence-electron chi connectivity index (χ2n) is 4.45. The Hall–Kier alpha value is -3.26. The van der Waals surface area contributed by atoms with Crippen molar-refractivity contribution in [1.29, 1.82) is 5.26 Å². The quantitative estimate of drug-likeness (QED) is 0.618. The van der Waals surface area contributed by atoms with Crippen molar-refractivity contribution < 1.29 is 19.7 Å². The smallest absolute Gasteiger partial charge is 0.232 e. The lowest BCUT2D eigenvalue weighted by atomic mass is 10.1. The van der Waals surface area contributed by atoms with E-state index in [1.807, 2.05) is 6.07 Å². The second-order valence-corrected chi connectivity index (χ2v) is 4.45. The molecule has 0 bridgehead atoms. The van der Waals surface area contributed by atoms with Crippen molar-refractivity contribution in [2.75, 3.05) is 0 Å². The van der Waals surface area contributed by atoms with Gasteiger partial charge in [-0.05, 0) is 29.8 Å². The van der Waals surface area contributed by atoms with Crippen LogP contribution in [0.5, 0.6) is 17.2 Å². The number of ketones is 1. The van der Waals surface area contributed by atoms with E-state index in [4.69, 9.17) is 10.00 Å². The summed E-state index contributed by atoms with van der Waals surface area (Å²) < 4.78 is 5.33. The first kappa shape index (κ1) is 12.8. The fraction of sp³-hybridized carbons (Fsp3) is 0. The first-order valence-corrected chi connectivity index (χ1v) is 6.10. The van der Waals surface area contributed by atoms with Crippen LogP contribution in [0.3, 0.4) is 0 Å². The SMILES string of the molecule is N#Cc1ccccc1/C=C1\Oc2c(ccc(O)c2O)C1=O. The maximum absolute atomic E-state index is 12.2. The van der Waals surface area contributed by atoms with Gasteiger partial charge in [0.1, 0.15) is 0 Å². The predicted molar refractivity (Wildman–Crippen MR) is 73.9 cm³/mol. The highest BCUT2D eigenvalue weighted by Crippen LogP contribution is 2.44. The number of phenols is 2. The number of carbonyl (C=O) groups is 1. The van der Waals surface area contributed by atoms with Crippen molar-refractivity contribution in [3.8, 4) is 23.3 Å². The third kappa shape index (κ3) is 1.99. The number of carbonyl (C=O) groups excluding carboxylic acids is 1. The van der Waals surface area contributed by atoms with E-state index in [1.54, 1.807) is 24.3 Å². The molecule has 21 heavy (non-hydrogen) atoms. The number of benzene rings is 2. The van der Waals surface area contributed by atoms with Gasteiger partial charge in [-0.1, -0.05) is 18.2 Å². The molecular weight excluding hydrogens is 270 g/mol. The van der Waals surface area contributed by atoms with Gasteiger partial charge in [0.15, 0.2) is 17.3 Å². The van der Waals surface area contributed by atoms with Gasteiger partial charge in [-0.25, -0.2) is 0 Å². The molecule has 1 aliphatic heterocycles. The molecule has 0 saturated heterocycles. The Kier molecular flexibility index (Phi) is 2.85. The standard InChI is InChI=1S/C16H9NO4/c17-8-10-4-2-1-3-9(10)7-13-14(19)11-5-6-12(18)15(20)16(11)21-13/h1-7,18,20H/b13-7-. The highest BCUT2D eigenvalue weighted by Gasteiger charge is 2.31. The van der Waals surface area contributed by atoms with Crippen molar-refractivity contribution in [2.24, 2.45) is 0 Å². The van der Waals surface area contributed by atoms with E-state index in [9.17, 15) is 15.0 Å². The zero-order chi connectivity index (χ0) is 15.0. The molecule has 5 heteroatoms. The number of rotatable bonds is 1. The lowest BCUT2D eigenvalue weighted by molar-refractivity contribution is 0.101. The number of hydrogen-bond donors (Lipinski definition) is 2. The summed E-state index contributed by atoms with van der Waals surface area (Å²) in [6.45, 7) is 0. The van der Waals surface area contributed by atoms with Crippen molar-refractivity contribution in [2.45, 2.75) is 0 Å². The lowest BCUT2D eigenvalue weighted by Crippen LogP contribution is -1.98. The van der Waals surface area contributed by atoms with E-state index in [1.165, 1.54) is 18.2 Å². The third-order valence-electron chi connectivity index (χ3n) is 3.16. The zero-order valence-electron chi connectivity index (χ0n) is 10.7. The van der Waals surface area contributed by atoms with Crippen molar-refractivity contribution in [3.63, 3.8) is 0 Å². The van der Waals surface area contributed by atoms with Gasteiger partial charge in [0.2, 0.25) is 11.5 Å². The van der Waals surface area contributed by atoms with E-state index in [-0.39, 0.29) is 22.8 Å². The first-order valence-electron chi connectivity index (χ1n) is 6.10. The summed E-state index contributed by atoms with van der Waals surface area (Å²) in [5.74, 6) is -1.32. The van der Waals surface area contributed by atoms with Crippen LogP contribution < -0.4 is 4.74 Å². The number of aromatic hydroxyl groups is 2. The van der Waals surface area contributed by atoms with Crippen LogP contribution in [0, 0.1) is 11.3 Å².